The molecule has 5 nitrogen and oxygen atoms in total. The van der Waals surface area contributed by atoms with Crippen molar-refractivity contribution in [2.24, 2.45) is 0 Å². The molecule has 0 saturated heterocycles. The van der Waals surface area contributed by atoms with E-state index in [-0.39, 0.29) is 19.6 Å². The topological polar surface area (TPSA) is 62.7 Å². The number of aliphatic carboxylic acids is 1. The van der Waals surface area contributed by atoms with E-state index in [0.29, 0.717) is 41.6 Å². The molecule has 0 spiro atoms. The van der Waals surface area contributed by atoms with Gasteiger partial charge < -0.3 is 14.7 Å². The molecule has 0 fully saturated rings. The second kappa shape index (κ2) is 14.0. The van der Waals surface area contributed by atoms with Gasteiger partial charge in [0.25, 0.3) is 0 Å². The Labute approximate surface area is 257 Å². The summed E-state index contributed by atoms with van der Waals surface area (Å²) in [6.45, 7) is 11.0. The second-order valence-corrected chi connectivity index (χ2v) is 11.6. The van der Waals surface area contributed by atoms with Crippen LogP contribution in [0.1, 0.15) is 71.6 Å². The van der Waals surface area contributed by atoms with Crippen molar-refractivity contribution < 1.29 is 27.8 Å². The molecule has 3 aromatic carbocycles. The first-order valence-corrected chi connectivity index (χ1v) is 14.7. The van der Waals surface area contributed by atoms with Gasteiger partial charge in [0, 0.05) is 19.5 Å². The molecule has 0 radical (unpaired) electrons. The van der Waals surface area contributed by atoms with Gasteiger partial charge in [0.15, 0.2) is 0 Å². The highest BCUT2D eigenvalue weighted by molar-refractivity contribution is 5.72. The number of hydrogen-bond donors (Lipinski definition) is 1. The van der Waals surface area contributed by atoms with Crippen LogP contribution in [0.5, 0.6) is 5.75 Å². The first-order valence-electron chi connectivity index (χ1n) is 14.7. The van der Waals surface area contributed by atoms with Crippen molar-refractivity contribution in [1.82, 2.24) is 4.98 Å². The van der Waals surface area contributed by atoms with Crippen LogP contribution in [0, 0.1) is 20.8 Å². The van der Waals surface area contributed by atoms with Crippen molar-refractivity contribution in [1.29, 1.82) is 0 Å². The van der Waals surface area contributed by atoms with E-state index in [1.165, 1.54) is 11.6 Å². The van der Waals surface area contributed by atoms with Crippen LogP contribution >= 0.6 is 0 Å². The zero-order valence-electron chi connectivity index (χ0n) is 25.8. The lowest BCUT2D eigenvalue weighted by atomic mass is 9.90. The minimum atomic E-state index is -4.45. The van der Waals surface area contributed by atoms with E-state index in [2.05, 4.69) is 62.2 Å². The van der Waals surface area contributed by atoms with Gasteiger partial charge in [0.2, 0.25) is 0 Å². The number of rotatable bonds is 12. The maximum absolute atomic E-state index is 13.7. The maximum Gasteiger partial charge on any atom is 0.416 e. The van der Waals surface area contributed by atoms with Gasteiger partial charge in [-0.25, -0.2) is 4.98 Å². The molecule has 0 saturated carbocycles. The minimum absolute atomic E-state index is 0.00801. The van der Waals surface area contributed by atoms with Crippen molar-refractivity contribution in [2.45, 2.75) is 72.6 Å². The number of halogens is 3. The average Bonchev–Trinajstić information content (AvgIpc) is 2.95. The predicted molar refractivity (Wildman–Crippen MR) is 168 cm³/mol. The van der Waals surface area contributed by atoms with Crippen LogP contribution < -0.4 is 9.64 Å². The molecule has 0 aliphatic carbocycles. The summed E-state index contributed by atoms with van der Waals surface area (Å²) in [7, 11) is 0. The number of ether oxygens (including phenoxy) is 1. The standard InChI is InChI=1S/C36H39F3N2O3/c1-23(2)28-10-9-26(5)33(19-28)32-12-8-24(3)16-29(32)22-41(21-27-15-25(4)17-30(18-27)36(37,38)39)34-13-11-31(20-40-34)44-14-6-7-35(42)43/h8-13,15-20,23H,6-7,14,21-22H2,1-5H3,(H,42,43). The molecule has 1 aromatic heterocycles. The Kier molecular flexibility index (Phi) is 10.3. The fraction of sp³-hybridized carbons (Fsp3) is 0.333. The van der Waals surface area contributed by atoms with Crippen LogP contribution in [0.15, 0.2) is 72.9 Å². The van der Waals surface area contributed by atoms with E-state index >= 15 is 0 Å². The summed E-state index contributed by atoms with van der Waals surface area (Å²) in [5.41, 5.74) is 7.06. The molecule has 1 heterocycles. The zero-order chi connectivity index (χ0) is 32.0. The number of carboxylic acid groups (broad SMARTS) is 1. The number of aryl methyl sites for hydroxylation is 3. The summed E-state index contributed by atoms with van der Waals surface area (Å²) >= 11 is 0. The Hall–Kier alpha value is -4.33. The predicted octanol–water partition coefficient (Wildman–Crippen LogP) is 9.27. The number of hydrogen-bond acceptors (Lipinski definition) is 4. The third-order valence-corrected chi connectivity index (χ3v) is 7.53. The lowest BCUT2D eigenvalue weighted by Crippen LogP contribution is -2.24. The number of carboxylic acids is 1. The molecule has 0 bridgehead atoms. The lowest BCUT2D eigenvalue weighted by molar-refractivity contribution is -0.138. The summed E-state index contributed by atoms with van der Waals surface area (Å²) in [6.07, 6.45) is -2.51. The molecule has 8 heteroatoms. The van der Waals surface area contributed by atoms with Crippen LogP contribution in [0.25, 0.3) is 11.1 Å². The van der Waals surface area contributed by atoms with Gasteiger partial charge in [0.05, 0.1) is 18.4 Å². The highest BCUT2D eigenvalue weighted by Gasteiger charge is 2.31. The lowest BCUT2D eigenvalue weighted by Gasteiger charge is -2.27. The maximum atomic E-state index is 13.7. The van der Waals surface area contributed by atoms with Gasteiger partial charge in [0.1, 0.15) is 11.6 Å². The molecule has 0 aliphatic rings. The number of alkyl halides is 3. The largest absolute Gasteiger partial charge is 0.492 e. The van der Waals surface area contributed by atoms with Gasteiger partial charge in [-0.05, 0) is 90.8 Å². The van der Waals surface area contributed by atoms with Crippen molar-refractivity contribution in [3.63, 3.8) is 0 Å². The number of aromatic nitrogens is 1. The third kappa shape index (κ3) is 8.62. The Morgan fingerprint density at radius 2 is 1.68 bits per heavy atom. The average molecular weight is 605 g/mol. The van der Waals surface area contributed by atoms with Crippen LogP contribution in [0.2, 0.25) is 0 Å². The van der Waals surface area contributed by atoms with Gasteiger partial charge >= 0.3 is 12.1 Å². The molecule has 44 heavy (non-hydrogen) atoms. The fourth-order valence-electron chi connectivity index (χ4n) is 5.22. The molecule has 4 aromatic rings. The van der Waals surface area contributed by atoms with Gasteiger partial charge in [-0.3, -0.25) is 4.79 Å². The second-order valence-electron chi connectivity index (χ2n) is 11.6. The molecular weight excluding hydrogens is 565 g/mol. The number of anilines is 1. The van der Waals surface area contributed by atoms with Gasteiger partial charge in [-0.1, -0.05) is 67.4 Å². The van der Waals surface area contributed by atoms with Crippen molar-refractivity contribution in [3.8, 4) is 16.9 Å². The Bertz CT molecular complexity index is 1600. The highest BCUT2D eigenvalue weighted by atomic mass is 19.4. The molecule has 0 aliphatic heterocycles. The first kappa shape index (κ1) is 32.6. The van der Waals surface area contributed by atoms with E-state index in [1.54, 1.807) is 31.3 Å². The molecule has 1 N–H and O–H groups in total. The molecule has 232 valence electrons. The van der Waals surface area contributed by atoms with Crippen molar-refractivity contribution in [2.75, 3.05) is 11.5 Å². The SMILES string of the molecule is Cc1cc(CN(Cc2cc(C)ccc2-c2cc(C(C)C)ccc2C)c2ccc(OCCCC(=O)O)cn2)cc(C(F)(F)F)c1. The normalized spacial score (nSPS) is 11.6. The van der Waals surface area contributed by atoms with E-state index in [4.69, 9.17) is 9.84 Å². The Morgan fingerprint density at radius 1 is 0.909 bits per heavy atom. The number of benzene rings is 3. The van der Waals surface area contributed by atoms with E-state index in [0.717, 1.165) is 33.9 Å². The van der Waals surface area contributed by atoms with Crippen LogP contribution in [-0.4, -0.2) is 22.7 Å². The number of carbonyl (C=O) groups is 1. The van der Waals surface area contributed by atoms with Gasteiger partial charge in [-0.2, -0.15) is 13.2 Å². The molecule has 0 amide bonds. The summed E-state index contributed by atoms with van der Waals surface area (Å²) in [5, 5.41) is 8.86. The summed E-state index contributed by atoms with van der Waals surface area (Å²) in [6, 6.07) is 20.5. The minimum Gasteiger partial charge on any atom is -0.492 e. The van der Waals surface area contributed by atoms with E-state index < -0.39 is 17.7 Å². The Morgan fingerprint density at radius 3 is 2.34 bits per heavy atom. The highest BCUT2D eigenvalue weighted by Crippen LogP contribution is 2.34. The molecule has 0 unspecified atom stereocenters. The fourth-order valence-corrected chi connectivity index (χ4v) is 5.22. The van der Waals surface area contributed by atoms with E-state index in [9.17, 15) is 18.0 Å². The van der Waals surface area contributed by atoms with E-state index in [1.807, 2.05) is 11.8 Å². The molecule has 0 atom stereocenters. The quantitative estimate of drug-likeness (QED) is 0.163. The molecular formula is C36H39F3N2O3. The van der Waals surface area contributed by atoms with Crippen LogP contribution in [-0.2, 0) is 24.1 Å². The van der Waals surface area contributed by atoms with Gasteiger partial charge in [-0.15, -0.1) is 0 Å². The summed E-state index contributed by atoms with van der Waals surface area (Å²) in [5.74, 6) is 0.548. The van der Waals surface area contributed by atoms with Crippen molar-refractivity contribution >= 4 is 11.8 Å². The van der Waals surface area contributed by atoms with Crippen LogP contribution in [0.3, 0.4) is 0 Å². The summed E-state index contributed by atoms with van der Waals surface area (Å²) in [4.78, 5) is 17.4. The monoisotopic (exact) mass is 604 g/mol. The summed E-state index contributed by atoms with van der Waals surface area (Å²) < 4.78 is 46.8. The third-order valence-electron chi connectivity index (χ3n) is 7.53. The molecule has 4 rings (SSSR count). The zero-order valence-corrected chi connectivity index (χ0v) is 25.8. The first-order chi connectivity index (χ1) is 20.8. The van der Waals surface area contributed by atoms with Crippen LogP contribution in [0.4, 0.5) is 19.0 Å². The Balaban J connectivity index is 1.73. The van der Waals surface area contributed by atoms with Crippen molar-refractivity contribution in [3.05, 3.63) is 112 Å². The number of nitrogens with zero attached hydrogens (tertiary/aromatic N) is 2. The number of pyridine rings is 1. The smallest absolute Gasteiger partial charge is 0.416 e.